The fourth-order valence-electron chi connectivity index (χ4n) is 3.22. The predicted octanol–water partition coefficient (Wildman–Crippen LogP) is 6.98. The minimum atomic E-state index is -0.377. The Kier molecular flexibility index (Phi) is 6.77. The number of fused-ring (bicyclic) bond motifs is 2. The van der Waals surface area contributed by atoms with Crippen molar-refractivity contribution in [3.8, 4) is 0 Å². The summed E-state index contributed by atoms with van der Waals surface area (Å²) in [5.74, 6) is 1.01. The Morgan fingerprint density at radius 3 is 1.70 bits per heavy atom. The maximum Gasteiger partial charge on any atom is 0.330 e. The lowest BCUT2D eigenvalue weighted by Crippen LogP contribution is -2.22. The van der Waals surface area contributed by atoms with E-state index in [0.717, 1.165) is 0 Å². The van der Waals surface area contributed by atoms with Gasteiger partial charge in [-0.05, 0) is 45.8 Å². The molecule has 4 aromatic rings. The number of hydrogen-bond acceptors (Lipinski definition) is 4. The summed E-state index contributed by atoms with van der Waals surface area (Å²) in [6, 6.07) is 29.5. The zero-order valence-corrected chi connectivity index (χ0v) is 18.1. The largest absolute Gasteiger partial charge is 0.457 e. The first kappa shape index (κ1) is 20.6. The van der Waals surface area contributed by atoms with Crippen LogP contribution in [0.3, 0.4) is 0 Å². The number of thioether (sulfide) groups is 2. The van der Waals surface area contributed by atoms with Gasteiger partial charge in [0.1, 0.15) is 6.10 Å². The Morgan fingerprint density at radius 2 is 1.23 bits per heavy atom. The van der Waals surface area contributed by atoms with Gasteiger partial charge < -0.3 is 4.74 Å². The Morgan fingerprint density at radius 1 is 0.767 bits per heavy atom. The van der Waals surface area contributed by atoms with Gasteiger partial charge in [-0.25, -0.2) is 4.79 Å². The van der Waals surface area contributed by atoms with Crippen molar-refractivity contribution >= 4 is 51.0 Å². The van der Waals surface area contributed by atoms with Gasteiger partial charge in [0.25, 0.3) is 0 Å². The third-order valence-corrected chi connectivity index (χ3v) is 7.01. The highest BCUT2D eigenvalue weighted by Crippen LogP contribution is 2.28. The lowest BCUT2D eigenvalue weighted by Gasteiger charge is -2.17. The molecule has 0 aromatic heterocycles. The van der Waals surface area contributed by atoms with Crippen LogP contribution in [-0.2, 0) is 9.53 Å². The van der Waals surface area contributed by atoms with Gasteiger partial charge >= 0.3 is 5.97 Å². The van der Waals surface area contributed by atoms with E-state index in [-0.39, 0.29) is 12.1 Å². The van der Waals surface area contributed by atoms with Gasteiger partial charge in [-0.15, -0.1) is 23.5 Å². The van der Waals surface area contributed by atoms with Crippen LogP contribution in [0.5, 0.6) is 0 Å². The minimum Gasteiger partial charge on any atom is -0.457 e. The Bertz CT molecular complexity index is 1100. The van der Waals surface area contributed by atoms with Crippen LogP contribution in [-0.4, -0.2) is 23.6 Å². The Labute approximate surface area is 185 Å². The molecule has 0 spiro atoms. The van der Waals surface area contributed by atoms with Gasteiger partial charge in [-0.3, -0.25) is 0 Å². The molecule has 0 fully saturated rings. The molecule has 0 N–H and O–H groups in total. The fraction of sp³-hybridized carbons (Fsp3) is 0.115. The zero-order chi connectivity index (χ0) is 20.8. The van der Waals surface area contributed by atoms with Gasteiger partial charge in [0, 0.05) is 27.4 Å². The summed E-state index contributed by atoms with van der Waals surface area (Å²) < 4.78 is 5.62. The standard InChI is InChI=1S/C26H22O2S2/c1-2-26(27)28-23(17-29-24-13-11-19-7-3-5-9-21(19)15-24)18-30-25-14-12-20-8-4-6-10-22(20)16-25/h2-16,23H,1,17-18H2. The van der Waals surface area contributed by atoms with E-state index < -0.39 is 0 Å². The smallest absolute Gasteiger partial charge is 0.330 e. The first-order chi connectivity index (χ1) is 14.7. The Hall–Kier alpha value is -2.69. The quantitative estimate of drug-likeness (QED) is 0.171. The van der Waals surface area contributed by atoms with Crippen molar-refractivity contribution in [3.05, 3.63) is 97.6 Å². The van der Waals surface area contributed by atoms with Crippen molar-refractivity contribution in [1.82, 2.24) is 0 Å². The highest BCUT2D eigenvalue weighted by molar-refractivity contribution is 8.00. The summed E-state index contributed by atoms with van der Waals surface area (Å²) in [5.41, 5.74) is 0. The summed E-state index contributed by atoms with van der Waals surface area (Å²) in [6.07, 6.45) is 1.03. The van der Waals surface area contributed by atoms with Crippen molar-refractivity contribution in [2.75, 3.05) is 11.5 Å². The highest BCUT2D eigenvalue weighted by atomic mass is 32.2. The van der Waals surface area contributed by atoms with E-state index in [2.05, 4.69) is 67.2 Å². The summed E-state index contributed by atoms with van der Waals surface area (Å²) in [6.45, 7) is 3.53. The van der Waals surface area contributed by atoms with Crippen LogP contribution in [0.1, 0.15) is 0 Å². The second kappa shape index (κ2) is 9.88. The lowest BCUT2D eigenvalue weighted by atomic mass is 10.1. The van der Waals surface area contributed by atoms with Crippen LogP contribution in [0.15, 0.2) is 107 Å². The fourth-order valence-corrected chi connectivity index (χ4v) is 5.25. The SMILES string of the molecule is C=CC(=O)OC(CSc1ccc2ccccc2c1)CSc1ccc2ccccc2c1. The number of carbonyl (C=O) groups excluding carboxylic acids is 1. The van der Waals surface area contributed by atoms with E-state index in [0.29, 0.717) is 11.5 Å². The molecule has 0 saturated heterocycles. The topological polar surface area (TPSA) is 26.3 Å². The molecule has 0 amide bonds. The van der Waals surface area contributed by atoms with Crippen LogP contribution in [0.2, 0.25) is 0 Å². The van der Waals surface area contributed by atoms with Crippen molar-refractivity contribution in [2.45, 2.75) is 15.9 Å². The zero-order valence-electron chi connectivity index (χ0n) is 16.5. The Balaban J connectivity index is 1.43. The number of benzene rings is 4. The van der Waals surface area contributed by atoms with E-state index >= 15 is 0 Å². The molecule has 150 valence electrons. The molecule has 0 saturated carbocycles. The monoisotopic (exact) mass is 430 g/mol. The van der Waals surface area contributed by atoms with Crippen LogP contribution in [0.4, 0.5) is 0 Å². The third kappa shape index (κ3) is 5.26. The molecule has 0 bridgehead atoms. The molecule has 0 radical (unpaired) electrons. The molecule has 0 heterocycles. The molecule has 0 aliphatic heterocycles. The number of carbonyl (C=O) groups is 1. The molecule has 4 aromatic carbocycles. The first-order valence-electron chi connectivity index (χ1n) is 9.77. The number of esters is 1. The van der Waals surface area contributed by atoms with Gasteiger partial charge in [0.2, 0.25) is 0 Å². The number of hydrogen-bond donors (Lipinski definition) is 0. The lowest BCUT2D eigenvalue weighted by molar-refractivity contribution is -0.140. The third-order valence-electron chi connectivity index (χ3n) is 4.76. The normalized spacial score (nSPS) is 11.1. The number of rotatable bonds is 8. The van der Waals surface area contributed by atoms with Crippen molar-refractivity contribution in [1.29, 1.82) is 0 Å². The van der Waals surface area contributed by atoms with Crippen LogP contribution in [0, 0.1) is 0 Å². The predicted molar refractivity (Wildman–Crippen MR) is 129 cm³/mol. The average molecular weight is 431 g/mol. The molecule has 0 unspecified atom stereocenters. The summed E-state index contributed by atoms with van der Waals surface area (Å²) in [5, 5.41) is 4.88. The molecule has 2 nitrogen and oxygen atoms in total. The second-order valence-corrected chi connectivity index (χ2v) is 9.09. The van der Waals surface area contributed by atoms with Crippen molar-refractivity contribution in [2.24, 2.45) is 0 Å². The van der Waals surface area contributed by atoms with E-state index in [1.807, 2.05) is 24.3 Å². The van der Waals surface area contributed by atoms with Crippen LogP contribution >= 0.6 is 23.5 Å². The maximum absolute atomic E-state index is 11.8. The maximum atomic E-state index is 11.8. The molecule has 4 heteroatoms. The van der Waals surface area contributed by atoms with Gasteiger partial charge in [0.05, 0.1) is 0 Å². The molecule has 0 aliphatic rings. The van der Waals surface area contributed by atoms with E-state index in [1.165, 1.54) is 37.4 Å². The highest BCUT2D eigenvalue weighted by Gasteiger charge is 2.15. The minimum absolute atomic E-state index is 0.205. The van der Waals surface area contributed by atoms with E-state index in [9.17, 15) is 4.79 Å². The van der Waals surface area contributed by atoms with Crippen molar-refractivity contribution < 1.29 is 9.53 Å². The van der Waals surface area contributed by atoms with Gasteiger partial charge in [0.15, 0.2) is 0 Å². The molecule has 30 heavy (non-hydrogen) atoms. The van der Waals surface area contributed by atoms with Gasteiger partial charge in [-0.1, -0.05) is 67.2 Å². The molecular weight excluding hydrogens is 408 g/mol. The summed E-state index contributed by atoms with van der Waals surface area (Å²) in [7, 11) is 0. The molecule has 4 rings (SSSR count). The number of ether oxygens (including phenoxy) is 1. The molecule has 0 atom stereocenters. The summed E-state index contributed by atoms with van der Waals surface area (Å²) in [4.78, 5) is 14.2. The van der Waals surface area contributed by atoms with Crippen LogP contribution in [0.25, 0.3) is 21.5 Å². The van der Waals surface area contributed by atoms with E-state index in [1.54, 1.807) is 23.5 Å². The van der Waals surface area contributed by atoms with Gasteiger partial charge in [-0.2, -0.15) is 0 Å². The van der Waals surface area contributed by atoms with Crippen LogP contribution < -0.4 is 0 Å². The average Bonchev–Trinajstić information content (AvgIpc) is 2.80. The molecule has 0 aliphatic carbocycles. The second-order valence-electron chi connectivity index (χ2n) is 6.90. The first-order valence-corrected chi connectivity index (χ1v) is 11.7. The molecular formula is C26H22O2S2. The van der Waals surface area contributed by atoms with Crippen molar-refractivity contribution in [3.63, 3.8) is 0 Å². The van der Waals surface area contributed by atoms with E-state index in [4.69, 9.17) is 4.74 Å². The summed E-state index contributed by atoms with van der Waals surface area (Å²) >= 11 is 3.42.